The molecule has 1 atom stereocenters. The first-order chi connectivity index (χ1) is 9.61. The second-order valence-electron chi connectivity index (χ2n) is 5.93. The Hall–Kier alpha value is -1.36. The van der Waals surface area contributed by atoms with Crippen LogP contribution in [-0.4, -0.2) is 35.2 Å². The summed E-state index contributed by atoms with van der Waals surface area (Å²) in [6, 6.07) is 0.477. The van der Waals surface area contributed by atoms with Crippen molar-refractivity contribution in [2.24, 2.45) is 5.92 Å². The van der Waals surface area contributed by atoms with Gasteiger partial charge in [0, 0.05) is 38.1 Å². The van der Waals surface area contributed by atoms with Crippen molar-refractivity contribution in [3.8, 4) is 0 Å². The van der Waals surface area contributed by atoms with E-state index >= 15 is 0 Å². The number of rotatable bonds is 6. The highest BCUT2D eigenvalue weighted by molar-refractivity contribution is 5.36. The van der Waals surface area contributed by atoms with E-state index in [1.807, 2.05) is 6.92 Å². The van der Waals surface area contributed by atoms with Crippen LogP contribution in [0, 0.1) is 5.92 Å². The van der Waals surface area contributed by atoms with Gasteiger partial charge < -0.3 is 14.8 Å². The van der Waals surface area contributed by atoms with Gasteiger partial charge in [-0.25, -0.2) is 4.98 Å². The van der Waals surface area contributed by atoms with Crippen LogP contribution in [0.25, 0.3) is 0 Å². The molecule has 1 aromatic rings. The zero-order valence-electron chi connectivity index (χ0n) is 12.8. The lowest BCUT2D eigenvalue weighted by Crippen LogP contribution is -2.43. The molecule has 0 bridgehead atoms. The van der Waals surface area contributed by atoms with Gasteiger partial charge in [0.1, 0.15) is 0 Å². The number of anilines is 1. The fourth-order valence-corrected chi connectivity index (χ4v) is 2.77. The van der Waals surface area contributed by atoms with Crippen molar-refractivity contribution in [2.75, 3.05) is 24.5 Å². The fourth-order valence-electron chi connectivity index (χ4n) is 2.77. The van der Waals surface area contributed by atoms with Crippen LogP contribution in [0.5, 0.6) is 0 Å². The van der Waals surface area contributed by atoms with E-state index in [0.717, 1.165) is 19.6 Å². The molecule has 1 aliphatic heterocycles. The summed E-state index contributed by atoms with van der Waals surface area (Å²) in [7, 11) is 0. The van der Waals surface area contributed by atoms with Crippen molar-refractivity contribution < 1.29 is 0 Å². The van der Waals surface area contributed by atoms with Gasteiger partial charge in [-0.3, -0.25) is 4.79 Å². The van der Waals surface area contributed by atoms with Gasteiger partial charge >= 0.3 is 0 Å². The van der Waals surface area contributed by atoms with Crippen LogP contribution in [-0.2, 0) is 6.54 Å². The fraction of sp³-hybridized carbons (Fsp3) is 0.733. The summed E-state index contributed by atoms with van der Waals surface area (Å²) in [6.45, 7) is 9.85. The molecule has 5 nitrogen and oxygen atoms in total. The quantitative estimate of drug-likeness (QED) is 0.856. The predicted octanol–water partition coefficient (Wildman–Crippen LogP) is 1.48. The van der Waals surface area contributed by atoms with E-state index in [4.69, 9.17) is 0 Å². The van der Waals surface area contributed by atoms with Gasteiger partial charge in [0.05, 0.1) is 0 Å². The first kappa shape index (κ1) is 15.0. The Kier molecular flexibility index (Phi) is 5.17. The van der Waals surface area contributed by atoms with E-state index in [9.17, 15) is 4.79 Å². The first-order valence-corrected chi connectivity index (χ1v) is 7.65. The third-order valence-corrected chi connectivity index (χ3v) is 3.72. The van der Waals surface area contributed by atoms with Crippen LogP contribution in [0.15, 0.2) is 17.2 Å². The number of hydrogen-bond acceptors (Lipinski definition) is 4. The summed E-state index contributed by atoms with van der Waals surface area (Å²) in [5.74, 6) is 1.10. The Labute approximate surface area is 121 Å². The van der Waals surface area contributed by atoms with Crippen LogP contribution < -0.4 is 15.8 Å². The lowest BCUT2D eigenvalue weighted by atomic mass is 10.1. The third kappa shape index (κ3) is 3.60. The smallest absolute Gasteiger partial charge is 0.293 e. The highest BCUT2D eigenvalue weighted by Crippen LogP contribution is 2.13. The minimum atomic E-state index is 0.0219. The summed E-state index contributed by atoms with van der Waals surface area (Å²) >= 11 is 0. The van der Waals surface area contributed by atoms with Gasteiger partial charge in [-0.1, -0.05) is 13.8 Å². The predicted molar refractivity (Wildman–Crippen MR) is 82.2 cm³/mol. The molecule has 1 unspecified atom stereocenters. The van der Waals surface area contributed by atoms with Crippen LogP contribution in [0.3, 0.4) is 0 Å². The van der Waals surface area contributed by atoms with Crippen molar-refractivity contribution in [1.29, 1.82) is 0 Å². The molecular formula is C15H26N4O. The van der Waals surface area contributed by atoms with Gasteiger partial charge in [0.15, 0.2) is 5.82 Å². The Balaban J connectivity index is 2.23. The van der Waals surface area contributed by atoms with Crippen LogP contribution in [0.2, 0.25) is 0 Å². The molecule has 2 heterocycles. The molecule has 0 saturated carbocycles. The second kappa shape index (κ2) is 6.88. The van der Waals surface area contributed by atoms with Crippen molar-refractivity contribution in [3.05, 3.63) is 22.7 Å². The maximum absolute atomic E-state index is 12.4. The molecule has 1 aromatic heterocycles. The van der Waals surface area contributed by atoms with Crippen LogP contribution in [0.1, 0.15) is 33.6 Å². The summed E-state index contributed by atoms with van der Waals surface area (Å²) in [4.78, 5) is 18.9. The van der Waals surface area contributed by atoms with Gasteiger partial charge in [-0.15, -0.1) is 0 Å². The molecule has 1 aliphatic rings. The number of aryl methyl sites for hydroxylation is 1. The third-order valence-electron chi connectivity index (χ3n) is 3.72. The molecule has 0 radical (unpaired) electrons. The molecule has 0 spiro atoms. The molecule has 20 heavy (non-hydrogen) atoms. The highest BCUT2D eigenvalue weighted by atomic mass is 16.1. The van der Waals surface area contributed by atoms with Crippen LogP contribution >= 0.6 is 0 Å². The molecule has 0 aliphatic carbocycles. The lowest BCUT2D eigenvalue weighted by Gasteiger charge is -2.28. The highest BCUT2D eigenvalue weighted by Gasteiger charge is 2.21. The molecule has 1 N–H and O–H groups in total. The maximum atomic E-state index is 12.4. The number of nitrogens with one attached hydrogen (secondary N) is 1. The Morgan fingerprint density at radius 3 is 2.95 bits per heavy atom. The summed E-state index contributed by atoms with van der Waals surface area (Å²) in [6.07, 6.45) is 5.90. The molecule has 1 fully saturated rings. The maximum Gasteiger partial charge on any atom is 0.293 e. The van der Waals surface area contributed by atoms with E-state index in [1.165, 1.54) is 12.8 Å². The average molecular weight is 278 g/mol. The molecular weight excluding hydrogens is 252 g/mol. The summed E-state index contributed by atoms with van der Waals surface area (Å²) in [5.41, 5.74) is 0.0219. The zero-order chi connectivity index (χ0) is 14.5. The average Bonchev–Trinajstić information content (AvgIpc) is 2.90. The topological polar surface area (TPSA) is 50.2 Å². The van der Waals surface area contributed by atoms with E-state index < -0.39 is 0 Å². The minimum absolute atomic E-state index is 0.0219. The van der Waals surface area contributed by atoms with Crippen molar-refractivity contribution in [1.82, 2.24) is 14.9 Å². The minimum Gasteiger partial charge on any atom is -0.350 e. The normalized spacial score (nSPS) is 18.7. The zero-order valence-corrected chi connectivity index (χ0v) is 12.8. The Morgan fingerprint density at radius 2 is 2.35 bits per heavy atom. The van der Waals surface area contributed by atoms with Gasteiger partial charge in [0.25, 0.3) is 5.56 Å². The van der Waals surface area contributed by atoms with E-state index in [-0.39, 0.29) is 5.56 Å². The Bertz CT molecular complexity index is 477. The van der Waals surface area contributed by atoms with Gasteiger partial charge in [-0.05, 0) is 32.2 Å². The van der Waals surface area contributed by atoms with Crippen molar-refractivity contribution in [3.63, 3.8) is 0 Å². The summed E-state index contributed by atoms with van der Waals surface area (Å²) < 4.78 is 1.72. The molecule has 0 amide bonds. The Morgan fingerprint density at radius 1 is 1.55 bits per heavy atom. The van der Waals surface area contributed by atoms with Crippen molar-refractivity contribution in [2.45, 2.75) is 46.2 Å². The molecule has 1 saturated heterocycles. The molecule has 0 aromatic carbocycles. The largest absolute Gasteiger partial charge is 0.350 e. The number of aromatic nitrogens is 2. The van der Waals surface area contributed by atoms with E-state index in [0.29, 0.717) is 24.3 Å². The van der Waals surface area contributed by atoms with E-state index in [2.05, 4.69) is 29.0 Å². The first-order valence-electron chi connectivity index (χ1n) is 7.65. The standard InChI is InChI=1S/C15H26N4O/c1-4-18-9-8-17-14(15(18)20)19(10-12(2)3)11-13-6-5-7-16-13/h8-9,12-13,16H,4-7,10-11H2,1-3H3. The number of hydrogen-bond donors (Lipinski definition) is 1. The molecule has 2 rings (SSSR count). The number of nitrogens with zero attached hydrogens (tertiary/aromatic N) is 3. The van der Waals surface area contributed by atoms with Crippen LogP contribution in [0.4, 0.5) is 5.82 Å². The monoisotopic (exact) mass is 278 g/mol. The van der Waals surface area contributed by atoms with Gasteiger partial charge in [-0.2, -0.15) is 0 Å². The van der Waals surface area contributed by atoms with E-state index in [1.54, 1.807) is 17.0 Å². The van der Waals surface area contributed by atoms with Gasteiger partial charge in [0.2, 0.25) is 0 Å². The lowest BCUT2D eigenvalue weighted by molar-refractivity contribution is 0.533. The van der Waals surface area contributed by atoms with Crippen molar-refractivity contribution >= 4 is 5.82 Å². The summed E-state index contributed by atoms with van der Waals surface area (Å²) in [5, 5.41) is 3.50. The second-order valence-corrected chi connectivity index (χ2v) is 5.93. The molecule has 5 heteroatoms. The molecule has 112 valence electrons. The SMILES string of the molecule is CCn1ccnc(N(CC(C)C)CC2CCCN2)c1=O.